The van der Waals surface area contributed by atoms with Crippen LogP contribution in [-0.2, 0) is 18.9 Å². The molecule has 0 atom stereocenters. The molecule has 1 fully saturated rings. The number of hydrogen-bond donors (Lipinski definition) is 2. The molecule has 1 rings (SSSR count). The molecule has 1 heterocycles. The van der Waals surface area contributed by atoms with Gasteiger partial charge in [0.1, 0.15) is 0 Å². The molecule has 0 unspecified atom stereocenters. The summed E-state index contributed by atoms with van der Waals surface area (Å²) in [6, 6.07) is 0. The summed E-state index contributed by atoms with van der Waals surface area (Å²) in [6.45, 7) is 13.6. The maximum Gasteiger partial charge on any atom is 0.0701 e. The topological polar surface area (TPSA) is 61.0 Å². The van der Waals surface area contributed by atoms with E-state index in [4.69, 9.17) is 18.9 Å². The van der Waals surface area contributed by atoms with E-state index in [0.717, 1.165) is 65.8 Å². The largest absolute Gasteiger partial charge is 0.382 e. The minimum atomic E-state index is 0.679. The molecule has 122 valence electrons. The van der Waals surface area contributed by atoms with Gasteiger partial charge in [-0.3, -0.25) is 0 Å². The smallest absolute Gasteiger partial charge is 0.0701 e. The third kappa shape index (κ3) is 17.8. The zero-order valence-electron chi connectivity index (χ0n) is 13.1. The summed E-state index contributed by atoms with van der Waals surface area (Å²) in [7, 11) is 0. The molecule has 0 aromatic heterocycles. The van der Waals surface area contributed by atoms with Crippen molar-refractivity contribution >= 4 is 0 Å². The Hall–Kier alpha value is -0.240. The second-order valence-electron chi connectivity index (χ2n) is 4.12. The Morgan fingerprint density at radius 3 is 1.30 bits per heavy atom. The van der Waals surface area contributed by atoms with E-state index in [-0.39, 0.29) is 0 Å². The number of ether oxygens (including phenoxy) is 4. The summed E-state index contributed by atoms with van der Waals surface area (Å²) in [4.78, 5) is 0. The minimum Gasteiger partial charge on any atom is -0.382 e. The average Bonchev–Trinajstić information content (AvgIpc) is 2.47. The Balaban J connectivity index is 0.000000621. The van der Waals surface area contributed by atoms with Gasteiger partial charge < -0.3 is 29.6 Å². The Morgan fingerprint density at radius 2 is 1.00 bits per heavy atom. The van der Waals surface area contributed by atoms with Crippen LogP contribution in [0.3, 0.4) is 0 Å². The molecule has 0 amide bonds. The Labute approximate surface area is 123 Å². The lowest BCUT2D eigenvalue weighted by Crippen LogP contribution is -2.26. The van der Waals surface area contributed by atoms with Crippen molar-refractivity contribution in [2.24, 2.45) is 0 Å². The zero-order valence-corrected chi connectivity index (χ0v) is 13.1. The van der Waals surface area contributed by atoms with E-state index in [1.807, 2.05) is 13.8 Å². The van der Waals surface area contributed by atoms with Gasteiger partial charge in [0.15, 0.2) is 0 Å². The molecule has 6 heteroatoms. The van der Waals surface area contributed by atoms with Crippen molar-refractivity contribution < 1.29 is 18.9 Å². The van der Waals surface area contributed by atoms with Crippen LogP contribution in [0.15, 0.2) is 0 Å². The van der Waals surface area contributed by atoms with E-state index in [0.29, 0.717) is 13.2 Å². The molecule has 0 spiro atoms. The fourth-order valence-corrected chi connectivity index (χ4v) is 1.46. The normalized spacial score (nSPS) is 20.1. The van der Waals surface area contributed by atoms with Gasteiger partial charge in [0.25, 0.3) is 0 Å². The van der Waals surface area contributed by atoms with E-state index < -0.39 is 0 Å². The van der Waals surface area contributed by atoms with Gasteiger partial charge in [0, 0.05) is 39.4 Å². The lowest BCUT2D eigenvalue weighted by Gasteiger charge is -2.06. The highest BCUT2D eigenvalue weighted by Gasteiger charge is 1.94. The first-order valence-corrected chi connectivity index (χ1v) is 7.64. The highest BCUT2D eigenvalue weighted by Crippen LogP contribution is 1.80. The van der Waals surface area contributed by atoms with Crippen molar-refractivity contribution in [3.8, 4) is 0 Å². The molecule has 20 heavy (non-hydrogen) atoms. The second kappa shape index (κ2) is 18.8. The maximum absolute atomic E-state index is 5.40. The van der Waals surface area contributed by atoms with Gasteiger partial charge in [-0.1, -0.05) is 0 Å². The summed E-state index contributed by atoms with van der Waals surface area (Å²) in [5, 5.41) is 6.49. The summed E-state index contributed by atoms with van der Waals surface area (Å²) < 4.78 is 21.0. The highest BCUT2D eigenvalue weighted by atomic mass is 16.5. The quantitative estimate of drug-likeness (QED) is 0.762. The van der Waals surface area contributed by atoms with Crippen molar-refractivity contribution in [2.45, 2.75) is 13.8 Å². The van der Waals surface area contributed by atoms with E-state index in [1.54, 1.807) is 0 Å². The lowest BCUT2D eigenvalue weighted by atomic mass is 10.6. The van der Waals surface area contributed by atoms with Crippen molar-refractivity contribution in [2.75, 3.05) is 79.0 Å². The van der Waals surface area contributed by atoms with Crippen molar-refractivity contribution in [3.05, 3.63) is 0 Å². The van der Waals surface area contributed by atoms with Crippen LogP contribution in [0.5, 0.6) is 0 Å². The molecule has 0 aliphatic carbocycles. The lowest BCUT2D eigenvalue weighted by molar-refractivity contribution is 0.0502. The second-order valence-corrected chi connectivity index (χ2v) is 4.12. The molecule has 1 aliphatic heterocycles. The average molecular weight is 292 g/mol. The van der Waals surface area contributed by atoms with Gasteiger partial charge in [-0.05, 0) is 13.8 Å². The summed E-state index contributed by atoms with van der Waals surface area (Å²) in [5.41, 5.74) is 0. The highest BCUT2D eigenvalue weighted by molar-refractivity contribution is 4.49. The zero-order chi connectivity index (χ0) is 14.7. The molecule has 6 nitrogen and oxygen atoms in total. The molecule has 0 saturated carbocycles. The van der Waals surface area contributed by atoms with Crippen LogP contribution in [0.4, 0.5) is 0 Å². The molecule has 0 radical (unpaired) electrons. The van der Waals surface area contributed by atoms with Crippen molar-refractivity contribution in [1.82, 2.24) is 10.6 Å². The van der Waals surface area contributed by atoms with E-state index in [2.05, 4.69) is 10.6 Å². The predicted octanol–water partition coefficient (Wildman–Crippen LogP) is 0.272. The monoisotopic (exact) mass is 292 g/mol. The minimum absolute atomic E-state index is 0.679. The Kier molecular flexibility index (Phi) is 18.5. The van der Waals surface area contributed by atoms with Gasteiger partial charge in [-0.15, -0.1) is 0 Å². The van der Waals surface area contributed by atoms with Crippen LogP contribution in [0.25, 0.3) is 0 Å². The van der Waals surface area contributed by atoms with Gasteiger partial charge in [0.2, 0.25) is 0 Å². The SMILES string of the molecule is C1COCCNCCOCCOCCN1.CCOCC. The Bertz CT molecular complexity index is 113. The predicted molar refractivity (Wildman–Crippen MR) is 80.4 cm³/mol. The first-order chi connectivity index (χ1) is 9.91. The third-order valence-corrected chi connectivity index (χ3v) is 2.47. The standard InChI is InChI=1S/C10H22N2O3.C4H10O/c1-5-13-6-2-12-4-8-15-10-9-14-7-3-11-1;1-3-5-4-2/h11-12H,1-10H2;3-4H2,1-2H3. The van der Waals surface area contributed by atoms with Gasteiger partial charge in [-0.25, -0.2) is 0 Å². The molecule has 0 aromatic carbocycles. The molecular weight excluding hydrogens is 260 g/mol. The third-order valence-electron chi connectivity index (χ3n) is 2.47. The van der Waals surface area contributed by atoms with Crippen LogP contribution in [0.1, 0.15) is 13.8 Å². The van der Waals surface area contributed by atoms with Gasteiger partial charge in [0.05, 0.1) is 39.6 Å². The van der Waals surface area contributed by atoms with Crippen LogP contribution in [0.2, 0.25) is 0 Å². The van der Waals surface area contributed by atoms with Crippen LogP contribution >= 0.6 is 0 Å². The fraction of sp³-hybridized carbons (Fsp3) is 1.00. The van der Waals surface area contributed by atoms with Crippen LogP contribution in [-0.4, -0.2) is 79.0 Å². The molecule has 0 aromatic rings. The number of hydrogen-bond acceptors (Lipinski definition) is 6. The molecule has 1 saturated heterocycles. The summed E-state index contributed by atoms with van der Waals surface area (Å²) in [6.07, 6.45) is 0. The number of rotatable bonds is 2. The first kappa shape index (κ1) is 19.8. The van der Waals surface area contributed by atoms with Crippen LogP contribution in [0, 0.1) is 0 Å². The molecule has 1 aliphatic rings. The first-order valence-electron chi connectivity index (χ1n) is 7.64. The maximum atomic E-state index is 5.40. The van der Waals surface area contributed by atoms with Crippen LogP contribution < -0.4 is 10.6 Å². The molecule has 0 bridgehead atoms. The summed E-state index contributed by atoms with van der Waals surface area (Å²) in [5.74, 6) is 0. The van der Waals surface area contributed by atoms with Crippen molar-refractivity contribution in [3.63, 3.8) is 0 Å². The molecule has 2 N–H and O–H groups in total. The van der Waals surface area contributed by atoms with E-state index in [1.165, 1.54) is 0 Å². The number of nitrogens with one attached hydrogen (secondary N) is 2. The van der Waals surface area contributed by atoms with Gasteiger partial charge >= 0.3 is 0 Å². The van der Waals surface area contributed by atoms with Gasteiger partial charge in [-0.2, -0.15) is 0 Å². The van der Waals surface area contributed by atoms with Crippen molar-refractivity contribution in [1.29, 1.82) is 0 Å². The Morgan fingerprint density at radius 1 is 0.650 bits per heavy atom. The van der Waals surface area contributed by atoms with E-state index in [9.17, 15) is 0 Å². The molecular formula is C14H32N2O4. The van der Waals surface area contributed by atoms with E-state index >= 15 is 0 Å². The summed E-state index contributed by atoms with van der Waals surface area (Å²) >= 11 is 0. The fourth-order valence-electron chi connectivity index (χ4n) is 1.46.